The van der Waals surface area contributed by atoms with Gasteiger partial charge in [0, 0.05) is 30.1 Å². The Balaban J connectivity index is 1.27. The molecule has 2 aliphatic heterocycles. The van der Waals surface area contributed by atoms with Crippen molar-refractivity contribution in [2.24, 2.45) is 5.92 Å². The molecule has 7 heteroatoms. The maximum atomic E-state index is 14.2. The van der Waals surface area contributed by atoms with Crippen LogP contribution in [-0.4, -0.2) is 46.9 Å². The van der Waals surface area contributed by atoms with E-state index in [4.69, 9.17) is 9.72 Å². The summed E-state index contributed by atoms with van der Waals surface area (Å²) in [6.07, 6.45) is 4.99. The van der Waals surface area contributed by atoms with Gasteiger partial charge >= 0.3 is 0 Å². The summed E-state index contributed by atoms with van der Waals surface area (Å²) in [6.45, 7) is 7.21. The van der Waals surface area contributed by atoms with Gasteiger partial charge in [0.2, 0.25) is 0 Å². The van der Waals surface area contributed by atoms with E-state index in [0.29, 0.717) is 30.3 Å². The van der Waals surface area contributed by atoms with Gasteiger partial charge in [-0.15, -0.1) is 11.3 Å². The summed E-state index contributed by atoms with van der Waals surface area (Å²) in [5.74, 6) is 1.21. The number of carbonyl (C=O) groups is 2. The summed E-state index contributed by atoms with van der Waals surface area (Å²) in [4.78, 5) is 35.1. The minimum absolute atomic E-state index is 0.00183. The molecule has 2 fully saturated rings. The molecular formula is C30H33N3O3S. The summed E-state index contributed by atoms with van der Waals surface area (Å²) in [6, 6.07) is 12.2. The Bertz CT molecular complexity index is 1380. The van der Waals surface area contributed by atoms with Crippen LogP contribution in [0.1, 0.15) is 68.2 Å². The highest BCUT2D eigenvalue weighted by atomic mass is 32.1. The van der Waals surface area contributed by atoms with Crippen LogP contribution in [0.2, 0.25) is 0 Å². The molecule has 0 spiro atoms. The van der Waals surface area contributed by atoms with E-state index in [1.807, 2.05) is 25.1 Å². The van der Waals surface area contributed by atoms with E-state index in [9.17, 15) is 9.59 Å². The molecule has 37 heavy (non-hydrogen) atoms. The minimum atomic E-state index is -0.0905. The van der Waals surface area contributed by atoms with E-state index in [2.05, 4.69) is 42.3 Å². The number of amides is 2. The zero-order valence-electron chi connectivity index (χ0n) is 21.7. The van der Waals surface area contributed by atoms with E-state index in [1.165, 1.54) is 5.56 Å². The van der Waals surface area contributed by atoms with Crippen LogP contribution in [0.15, 0.2) is 36.4 Å². The molecule has 0 bridgehead atoms. The first-order valence-corrected chi connectivity index (χ1v) is 14.1. The molecule has 0 unspecified atom stereocenters. The number of fused-ring (bicyclic) bond motifs is 2. The first-order valence-electron chi connectivity index (χ1n) is 13.3. The summed E-state index contributed by atoms with van der Waals surface area (Å²) in [7, 11) is 0. The number of ether oxygens (including phenoxy) is 1. The van der Waals surface area contributed by atoms with Crippen LogP contribution in [0, 0.1) is 26.7 Å². The fourth-order valence-corrected chi connectivity index (χ4v) is 7.58. The zero-order valence-corrected chi connectivity index (χ0v) is 22.5. The maximum absolute atomic E-state index is 14.2. The van der Waals surface area contributed by atoms with Crippen LogP contribution in [0.5, 0.6) is 5.75 Å². The predicted molar refractivity (Wildman–Crippen MR) is 145 cm³/mol. The lowest BCUT2D eigenvalue weighted by Gasteiger charge is -2.30. The van der Waals surface area contributed by atoms with Crippen LogP contribution in [-0.2, 0) is 6.42 Å². The number of aromatic nitrogens is 1. The molecule has 0 radical (unpaired) electrons. The van der Waals surface area contributed by atoms with Gasteiger partial charge in [-0.1, -0.05) is 36.2 Å². The highest BCUT2D eigenvalue weighted by Crippen LogP contribution is 2.43. The quantitative estimate of drug-likeness (QED) is 0.488. The molecular weight excluding hydrogens is 482 g/mol. The van der Waals surface area contributed by atoms with Gasteiger partial charge < -0.3 is 15.0 Å². The van der Waals surface area contributed by atoms with Gasteiger partial charge in [-0.2, -0.15) is 0 Å². The molecule has 192 valence electrons. The van der Waals surface area contributed by atoms with Crippen molar-refractivity contribution in [1.29, 1.82) is 0 Å². The number of likely N-dealkylation sites (tertiary alicyclic amines) is 1. The Morgan fingerprint density at radius 2 is 2.03 bits per heavy atom. The van der Waals surface area contributed by atoms with Crippen LogP contribution < -0.4 is 10.1 Å². The van der Waals surface area contributed by atoms with Crippen molar-refractivity contribution in [3.63, 3.8) is 0 Å². The number of thiazole rings is 1. The molecule has 2 aromatic carbocycles. The largest absolute Gasteiger partial charge is 0.493 e. The van der Waals surface area contributed by atoms with Gasteiger partial charge in [-0.05, 0) is 69.2 Å². The number of aryl methyl sites for hydroxylation is 3. The topological polar surface area (TPSA) is 71.5 Å². The van der Waals surface area contributed by atoms with E-state index in [0.717, 1.165) is 64.4 Å². The second kappa shape index (κ2) is 9.60. The average Bonchev–Trinajstić information content (AvgIpc) is 3.65. The van der Waals surface area contributed by atoms with Gasteiger partial charge in [0.15, 0.2) is 0 Å². The Morgan fingerprint density at radius 3 is 2.86 bits per heavy atom. The second-order valence-corrected chi connectivity index (χ2v) is 11.9. The number of nitrogens with zero attached hydrogens (tertiary/aromatic N) is 2. The van der Waals surface area contributed by atoms with Crippen molar-refractivity contribution < 1.29 is 14.3 Å². The second-order valence-electron chi connectivity index (χ2n) is 10.7. The molecule has 2 amide bonds. The molecule has 6 rings (SSSR count). The molecule has 3 heterocycles. The van der Waals surface area contributed by atoms with E-state index in [1.54, 1.807) is 11.3 Å². The van der Waals surface area contributed by atoms with E-state index < -0.39 is 0 Å². The minimum Gasteiger partial charge on any atom is -0.493 e. The number of hydrogen-bond donors (Lipinski definition) is 1. The third-order valence-corrected chi connectivity index (χ3v) is 9.23. The van der Waals surface area contributed by atoms with Gasteiger partial charge in [0.25, 0.3) is 11.8 Å². The summed E-state index contributed by atoms with van der Waals surface area (Å²) >= 11 is 1.59. The van der Waals surface area contributed by atoms with E-state index in [-0.39, 0.29) is 23.9 Å². The van der Waals surface area contributed by atoms with Gasteiger partial charge in [-0.3, -0.25) is 9.59 Å². The lowest BCUT2D eigenvalue weighted by atomic mass is 10.0. The number of carbonyl (C=O) groups excluding carboxylic acids is 2. The smallest absolute Gasteiger partial charge is 0.274 e. The first-order chi connectivity index (χ1) is 17.9. The maximum Gasteiger partial charge on any atom is 0.274 e. The number of nitrogens with one attached hydrogen (secondary N) is 1. The molecule has 6 nitrogen and oxygen atoms in total. The standard InChI is InChI=1S/C30H33N3O3S/c1-17-10-11-22(18(2)14-17)28-27(32-19(3)37-28)30(35)33-21(15-20-6-4-8-25(20)33)16-31-29(34)24-7-5-9-26-23(24)12-13-36-26/h5,7,9-11,14,20-21,25H,4,6,8,12-13,15-16H2,1-3H3,(H,31,34)/t20-,21-,25-/m0/s1. The van der Waals surface area contributed by atoms with Crippen LogP contribution in [0.25, 0.3) is 10.4 Å². The molecule has 1 aromatic heterocycles. The monoisotopic (exact) mass is 515 g/mol. The van der Waals surface area contributed by atoms with Crippen molar-refractivity contribution in [1.82, 2.24) is 15.2 Å². The average molecular weight is 516 g/mol. The van der Waals surface area contributed by atoms with Gasteiger partial charge in [0.05, 0.1) is 22.5 Å². The Kier molecular flexibility index (Phi) is 6.27. The summed E-state index contributed by atoms with van der Waals surface area (Å²) in [5.41, 5.74) is 5.64. The fraction of sp³-hybridized carbons (Fsp3) is 0.433. The molecule has 3 atom stereocenters. The SMILES string of the molecule is Cc1ccc(-c2sc(C)nc2C(=O)N2[C@H](CNC(=O)c3cccc4c3CCO4)C[C@@H]3CCC[C@@H]32)c(C)c1. The van der Waals surface area contributed by atoms with Crippen molar-refractivity contribution in [2.45, 2.75) is 65.0 Å². The third kappa shape index (κ3) is 4.33. The zero-order chi connectivity index (χ0) is 25.7. The molecule has 1 saturated carbocycles. The molecule has 3 aliphatic rings. The van der Waals surface area contributed by atoms with E-state index >= 15 is 0 Å². The summed E-state index contributed by atoms with van der Waals surface area (Å²) < 4.78 is 5.64. The van der Waals surface area contributed by atoms with Crippen LogP contribution in [0.4, 0.5) is 0 Å². The number of benzene rings is 2. The fourth-order valence-electron chi connectivity index (χ4n) is 6.58. The van der Waals surface area contributed by atoms with Crippen molar-refractivity contribution in [3.8, 4) is 16.2 Å². The Hall–Kier alpha value is -3.19. The van der Waals surface area contributed by atoms with Crippen molar-refractivity contribution >= 4 is 23.2 Å². The summed E-state index contributed by atoms with van der Waals surface area (Å²) in [5, 5.41) is 4.05. The Morgan fingerprint density at radius 1 is 1.16 bits per heavy atom. The van der Waals surface area contributed by atoms with Gasteiger partial charge in [-0.25, -0.2) is 4.98 Å². The highest BCUT2D eigenvalue weighted by Gasteiger charge is 2.47. The molecule has 1 N–H and O–H groups in total. The molecule has 1 aliphatic carbocycles. The number of hydrogen-bond acceptors (Lipinski definition) is 5. The van der Waals surface area contributed by atoms with Crippen molar-refractivity contribution in [2.75, 3.05) is 13.2 Å². The molecule has 1 saturated heterocycles. The number of rotatable bonds is 5. The van der Waals surface area contributed by atoms with Crippen LogP contribution >= 0.6 is 11.3 Å². The first kappa shape index (κ1) is 24.2. The van der Waals surface area contributed by atoms with Gasteiger partial charge in [0.1, 0.15) is 11.4 Å². The van der Waals surface area contributed by atoms with Crippen LogP contribution in [0.3, 0.4) is 0 Å². The normalized spacial score (nSPS) is 22.0. The predicted octanol–water partition coefficient (Wildman–Crippen LogP) is 5.48. The van der Waals surface area contributed by atoms with Crippen molar-refractivity contribution in [3.05, 3.63) is 69.4 Å². The lowest BCUT2D eigenvalue weighted by molar-refractivity contribution is 0.0645. The third-order valence-electron chi connectivity index (χ3n) is 8.23. The Labute approximate surface area is 222 Å². The lowest BCUT2D eigenvalue weighted by Crippen LogP contribution is -2.46. The highest BCUT2D eigenvalue weighted by molar-refractivity contribution is 7.15. The molecule has 3 aromatic rings.